The molecule has 11 rings (SSSR count). The molecule has 268 valence electrons. The predicted octanol–water partition coefficient (Wildman–Crippen LogP) is 15.8. The summed E-state index contributed by atoms with van der Waals surface area (Å²) in [6.07, 6.45) is 0. The highest BCUT2D eigenvalue weighted by Crippen LogP contribution is 2.52. The van der Waals surface area contributed by atoms with Crippen molar-refractivity contribution < 1.29 is 0 Å². The van der Waals surface area contributed by atoms with Crippen LogP contribution in [-0.4, -0.2) is 0 Å². The van der Waals surface area contributed by atoms with E-state index in [1.54, 1.807) is 0 Å². The maximum atomic E-state index is 2.43. The highest BCUT2D eigenvalue weighted by atomic mass is 14.4. The zero-order chi connectivity index (χ0) is 38.1. The fourth-order valence-electron chi connectivity index (χ4n) is 9.58. The lowest BCUT2D eigenvalue weighted by Gasteiger charge is -2.22. The smallest absolute Gasteiger partial charge is 0.0159 e. The Morgan fingerprint density at radius 1 is 0.263 bits per heavy atom. The summed E-state index contributed by atoms with van der Waals surface area (Å²) in [4.78, 5) is 0. The monoisotopic (exact) mass is 724 g/mol. The maximum absolute atomic E-state index is 2.43. The van der Waals surface area contributed by atoms with Crippen LogP contribution in [0.1, 0.15) is 25.0 Å². The van der Waals surface area contributed by atoms with Gasteiger partial charge in [-0.3, -0.25) is 0 Å². The van der Waals surface area contributed by atoms with Gasteiger partial charge in [0.15, 0.2) is 0 Å². The van der Waals surface area contributed by atoms with Gasteiger partial charge in [0, 0.05) is 5.41 Å². The SMILES string of the molecule is CC1(C)c2cc(-c3ccc(-c4c5ccccc5c(-c5ccc(-c6ccc(-c7ccccc7)cc6)cc5)c5ccccc45)cc3)ccc2-c2c1ccc1ccccc21. The van der Waals surface area contributed by atoms with Gasteiger partial charge in [0.25, 0.3) is 0 Å². The lowest BCUT2D eigenvalue weighted by atomic mass is 9.81. The second kappa shape index (κ2) is 13.0. The predicted molar refractivity (Wildman–Crippen MR) is 244 cm³/mol. The van der Waals surface area contributed by atoms with E-state index in [0.29, 0.717) is 0 Å². The molecule has 0 saturated heterocycles. The number of hydrogen-bond donors (Lipinski definition) is 0. The van der Waals surface area contributed by atoms with Crippen LogP contribution in [0.5, 0.6) is 0 Å². The minimum atomic E-state index is -0.0707. The van der Waals surface area contributed by atoms with Crippen molar-refractivity contribution in [2.24, 2.45) is 0 Å². The van der Waals surface area contributed by atoms with E-state index >= 15 is 0 Å². The van der Waals surface area contributed by atoms with Crippen LogP contribution < -0.4 is 0 Å². The Labute approximate surface area is 334 Å². The van der Waals surface area contributed by atoms with Gasteiger partial charge in [-0.1, -0.05) is 214 Å². The van der Waals surface area contributed by atoms with Crippen molar-refractivity contribution in [2.45, 2.75) is 19.3 Å². The first kappa shape index (κ1) is 33.3. The Morgan fingerprint density at radius 2 is 0.649 bits per heavy atom. The molecule has 0 amide bonds. The van der Waals surface area contributed by atoms with E-state index in [2.05, 4.69) is 220 Å². The van der Waals surface area contributed by atoms with E-state index in [-0.39, 0.29) is 5.41 Å². The summed E-state index contributed by atoms with van der Waals surface area (Å²) in [5, 5.41) is 7.71. The van der Waals surface area contributed by atoms with Gasteiger partial charge >= 0.3 is 0 Å². The average Bonchev–Trinajstić information content (AvgIpc) is 3.51. The van der Waals surface area contributed by atoms with Crippen molar-refractivity contribution in [1.82, 2.24) is 0 Å². The molecule has 1 aliphatic carbocycles. The lowest BCUT2D eigenvalue weighted by Crippen LogP contribution is -2.15. The highest BCUT2D eigenvalue weighted by Gasteiger charge is 2.36. The van der Waals surface area contributed by atoms with Crippen LogP contribution in [0.3, 0.4) is 0 Å². The molecule has 0 unspecified atom stereocenters. The lowest BCUT2D eigenvalue weighted by molar-refractivity contribution is 0.661. The van der Waals surface area contributed by atoms with Gasteiger partial charge in [-0.25, -0.2) is 0 Å². The number of benzene rings is 10. The fraction of sp³-hybridized carbons (Fsp3) is 0.0526. The van der Waals surface area contributed by atoms with E-state index in [1.807, 2.05) is 0 Å². The van der Waals surface area contributed by atoms with Crippen LogP contribution in [0.15, 0.2) is 206 Å². The first-order chi connectivity index (χ1) is 28.0. The summed E-state index contributed by atoms with van der Waals surface area (Å²) in [6.45, 7) is 4.75. The van der Waals surface area contributed by atoms with E-state index in [1.165, 1.54) is 110 Å². The maximum Gasteiger partial charge on any atom is 0.0159 e. The molecule has 1 aliphatic rings. The summed E-state index contributed by atoms with van der Waals surface area (Å²) in [6, 6.07) is 76.2. The minimum absolute atomic E-state index is 0.0707. The quantitative estimate of drug-likeness (QED) is 0.155. The molecule has 0 aliphatic heterocycles. The number of fused-ring (bicyclic) bond motifs is 7. The molecule has 0 bridgehead atoms. The topological polar surface area (TPSA) is 0 Å². The van der Waals surface area contributed by atoms with Crippen LogP contribution in [0.2, 0.25) is 0 Å². The molecular formula is C57H40. The zero-order valence-corrected chi connectivity index (χ0v) is 32.1. The Hall–Kier alpha value is -7.02. The Balaban J connectivity index is 0.965. The molecule has 0 radical (unpaired) electrons. The molecule has 10 aromatic rings. The van der Waals surface area contributed by atoms with Gasteiger partial charge in [-0.15, -0.1) is 0 Å². The second-order valence-corrected chi connectivity index (χ2v) is 16.0. The van der Waals surface area contributed by atoms with Crippen molar-refractivity contribution in [3.05, 3.63) is 217 Å². The highest BCUT2D eigenvalue weighted by molar-refractivity contribution is 6.21. The molecule has 0 N–H and O–H groups in total. The molecule has 0 saturated carbocycles. The Morgan fingerprint density at radius 3 is 1.16 bits per heavy atom. The molecule has 0 nitrogen and oxygen atoms in total. The molecule has 0 heterocycles. The summed E-state index contributed by atoms with van der Waals surface area (Å²) < 4.78 is 0. The molecule has 0 aromatic heterocycles. The van der Waals surface area contributed by atoms with Crippen molar-refractivity contribution in [2.75, 3.05) is 0 Å². The van der Waals surface area contributed by atoms with Gasteiger partial charge in [0.1, 0.15) is 0 Å². The standard InChI is InChI=1S/C57H40/c1-57(2)52-35-33-42-14-6-7-15-46(42)56(52)51-34-32-45(36-53(51)57)41-26-30-44(31-27-41)55-49-18-10-8-16-47(49)54(48-17-9-11-19-50(48)55)43-28-24-40(25-29-43)39-22-20-38(21-23-39)37-12-4-3-5-13-37/h3-36H,1-2H3. The molecule has 0 heteroatoms. The van der Waals surface area contributed by atoms with Crippen LogP contribution in [0.4, 0.5) is 0 Å². The Bertz CT molecular complexity index is 3090. The van der Waals surface area contributed by atoms with Gasteiger partial charge in [-0.2, -0.15) is 0 Å². The van der Waals surface area contributed by atoms with Gasteiger partial charge in [0.2, 0.25) is 0 Å². The molecule has 57 heavy (non-hydrogen) atoms. The normalized spacial score (nSPS) is 12.9. The van der Waals surface area contributed by atoms with E-state index in [9.17, 15) is 0 Å². The molecule has 0 fully saturated rings. The van der Waals surface area contributed by atoms with Crippen molar-refractivity contribution in [3.63, 3.8) is 0 Å². The summed E-state index contributed by atoms with van der Waals surface area (Å²) >= 11 is 0. The largest absolute Gasteiger partial charge is 0.0622 e. The van der Waals surface area contributed by atoms with Crippen molar-refractivity contribution in [1.29, 1.82) is 0 Å². The van der Waals surface area contributed by atoms with E-state index in [0.717, 1.165) is 0 Å². The van der Waals surface area contributed by atoms with Crippen LogP contribution in [0.25, 0.3) is 99.1 Å². The summed E-state index contributed by atoms with van der Waals surface area (Å²) in [5.74, 6) is 0. The van der Waals surface area contributed by atoms with Crippen molar-refractivity contribution >= 4 is 32.3 Å². The third kappa shape index (κ3) is 5.36. The summed E-state index contributed by atoms with van der Waals surface area (Å²) in [5.41, 5.74) is 17.9. The van der Waals surface area contributed by atoms with Crippen molar-refractivity contribution in [3.8, 4) is 66.8 Å². The van der Waals surface area contributed by atoms with Gasteiger partial charge in [-0.05, 0) is 116 Å². The zero-order valence-electron chi connectivity index (χ0n) is 32.1. The first-order valence-corrected chi connectivity index (χ1v) is 20.0. The molecule has 10 aromatic carbocycles. The van der Waals surface area contributed by atoms with Crippen LogP contribution in [-0.2, 0) is 5.41 Å². The third-order valence-electron chi connectivity index (χ3n) is 12.5. The van der Waals surface area contributed by atoms with Gasteiger partial charge in [0.05, 0.1) is 0 Å². The summed E-state index contributed by atoms with van der Waals surface area (Å²) in [7, 11) is 0. The number of hydrogen-bond acceptors (Lipinski definition) is 0. The molecule has 0 spiro atoms. The Kier molecular flexibility index (Phi) is 7.63. The van der Waals surface area contributed by atoms with Crippen LogP contribution >= 0.6 is 0 Å². The fourth-order valence-corrected chi connectivity index (χ4v) is 9.58. The van der Waals surface area contributed by atoms with E-state index in [4.69, 9.17) is 0 Å². The third-order valence-corrected chi connectivity index (χ3v) is 12.5. The first-order valence-electron chi connectivity index (χ1n) is 20.0. The van der Waals surface area contributed by atoms with Crippen LogP contribution in [0, 0.1) is 0 Å². The van der Waals surface area contributed by atoms with Gasteiger partial charge < -0.3 is 0 Å². The molecule has 0 atom stereocenters. The van der Waals surface area contributed by atoms with E-state index < -0.39 is 0 Å². The number of rotatable bonds is 5. The molecular weight excluding hydrogens is 685 g/mol. The minimum Gasteiger partial charge on any atom is -0.0622 e. The average molecular weight is 725 g/mol. The second-order valence-electron chi connectivity index (χ2n) is 16.0.